The summed E-state index contributed by atoms with van der Waals surface area (Å²) in [6.07, 6.45) is 11.4. The van der Waals surface area contributed by atoms with Gasteiger partial charge >= 0.3 is 0 Å². The number of nitrogens with zero attached hydrogens (tertiary/aromatic N) is 1. The first-order valence-electron chi connectivity index (χ1n) is 8.79. The van der Waals surface area contributed by atoms with Gasteiger partial charge in [0.1, 0.15) is 0 Å². The summed E-state index contributed by atoms with van der Waals surface area (Å²) in [5.74, 6) is 1.93. The molecule has 0 bridgehead atoms. The molecule has 1 saturated carbocycles. The van der Waals surface area contributed by atoms with Crippen molar-refractivity contribution >= 4 is 0 Å². The number of nitrogens with one attached hydrogen (secondary N) is 1. The minimum Gasteiger partial charge on any atom is -0.316 e. The molecule has 1 aliphatic heterocycles. The monoisotopic (exact) mass is 266 g/mol. The summed E-state index contributed by atoms with van der Waals surface area (Å²) < 4.78 is 0. The molecule has 1 aliphatic carbocycles. The Hall–Kier alpha value is -0.0800. The second-order valence-corrected chi connectivity index (χ2v) is 6.70. The van der Waals surface area contributed by atoms with Crippen LogP contribution in [0.15, 0.2) is 0 Å². The highest BCUT2D eigenvalue weighted by molar-refractivity contribution is 4.86. The first-order valence-corrected chi connectivity index (χ1v) is 8.79. The molecule has 112 valence electrons. The molecule has 2 atom stereocenters. The molecule has 2 heteroatoms. The predicted molar refractivity (Wildman–Crippen MR) is 83.5 cm³/mol. The van der Waals surface area contributed by atoms with Crippen molar-refractivity contribution in [1.29, 1.82) is 0 Å². The van der Waals surface area contributed by atoms with Crippen LogP contribution in [0.3, 0.4) is 0 Å². The number of hydrogen-bond donors (Lipinski definition) is 1. The molecular weight excluding hydrogens is 232 g/mol. The minimum atomic E-state index is 0.920. The second-order valence-electron chi connectivity index (χ2n) is 6.70. The zero-order chi connectivity index (χ0) is 13.5. The van der Waals surface area contributed by atoms with Gasteiger partial charge in [-0.05, 0) is 70.1 Å². The normalized spacial score (nSPS) is 30.6. The van der Waals surface area contributed by atoms with Crippen molar-refractivity contribution in [3.8, 4) is 0 Å². The molecule has 0 aromatic heterocycles. The first-order chi connectivity index (χ1) is 9.35. The molecule has 19 heavy (non-hydrogen) atoms. The van der Waals surface area contributed by atoms with Gasteiger partial charge in [0.2, 0.25) is 0 Å². The van der Waals surface area contributed by atoms with E-state index in [1.807, 2.05) is 0 Å². The van der Waals surface area contributed by atoms with Crippen LogP contribution < -0.4 is 5.32 Å². The molecule has 1 heterocycles. The van der Waals surface area contributed by atoms with Crippen molar-refractivity contribution in [3.63, 3.8) is 0 Å². The lowest BCUT2D eigenvalue weighted by Gasteiger charge is -2.43. The maximum atomic E-state index is 3.60. The lowest BCUT2D eigenvalue weighted by molar-refractivity contribution is 0.0666. The summed E-state index contributed by atoms with van der Waals surface area (Å²) in [4.78, 5) is 2.84. The van der Waals surface area contributed by atoms with E-state index in [0.717, 1.165) is 17.9 Å². The lowest BCUT2D eigenvalue weighted by atomic mass is 9.80. The van der Waals surface area contributed by atoms with Crippen molar-refractivity contribution in [1.82, 2.24) is 10.2 Å². The zero-order valence-corrected chi connectivity index (χ0v) is 13.2. The molecule has 2 unspecified atom stereocenters. The van der Waals surface area contributed by atoms with Crippen LogP contribution in [0.5, 0.6) is 0 Å². The Bertz CT molecular complexity index is 233. The van der Waals surface area contributed by atoms with Gasteiger partial charge in [-0.2, -0.15) is 0 Å². The van der Waals surface area contributed by atoms with Crippen molar-refractivity contribution in [2.45, 2.75) is 71.3 Å². The summed E-state index contributed by atoms with van der Waals surface area (Å²) in [5.41, 5.74) is 0. The standard InChI is InChI=1S/C17H34N2/c1-3-11-18-14-15-9-12-19(13-10-15)17-8-6-5-7-16(17)4-2/h15-18H,3-14H2,1-2H3. The average Bonchev–Trinajstić information content (AvgIpc) is 2.48. The van der Waals surface area contributed by atoms with E-state index in [1.165, 1.54) is 77.5 Å². The molecule has 2 aliphatic rings. The van der Waals surface area contributed by atoms with Crippen LogP contribution in [0.25, 0.3) is 0 Å². The van der Waals surface area contributed by atoms with E-state index < -0.39 is 0 Å². The van der Waals surface area contributed by atoms with Gasteiger partial charge in [0.25, 0.3) is 0 Å². The largest absolute Gasteiger partial charge is 0.316 e. The highest BCUT2D eigenvalue weighted by Crippen LogP contribution is 2.32. The fraction of sp³-hybridized carbons (Fsp3) is 1.00. The summed E-state index contributed by atoms with van der Waals surface area (Å²) in [6, 6.07) is 0.920. The third-order valence-corrected chi connectivity index (χ3v) is 5.37. The third kappa shape index (κ3) is 4.46. The molecule has 0 spiro atoms. The second kappa shape index (κ2) is 8.26. The fourth-order valence-corrected chi connectivity index (χ4v) is 4.12. The van der Waals surface area contributed by atoms with E-state index in [-0.39, 0.29) is 0 Å². The fourth-order valence-electron chi connectivity index (χ4n) is 4.12. The highest BCUT2D eigenvalue weighted by Gasteiger charge is 2.31. The Balaban J connectivity index is 1.72. The van der Waals surface area contributed by atoms with E-state index in [2.05, 4.69) is 24.1 Å². The van der Waals surface area contributed by atoms with Gasteiger partial charge in [-0.1, -0.05) is 33.1 Å². The van der Waals surface area contributed by atoms with Gasteiger partial charge in [-0.25, -0.2) is 0 Å². The van der Waals surface area contributed by atoms with Crippen LogP contribution in [0, 0.1) is 11.8 Å². The smallest absolute Gasteiger partial charge is 0.0123 e. The van der Waals surface area contributed by atoms with Crippen LogP contribution >= 0.6 is 0 Å². The first kappa shape index (κ1) is 15.3. The predicted octanol–water partition coefficient (Wildman–Crippen LogP) is 3.67. The zero-order valence-electron chi connectivity index (χ0n) is 13.2. The Morgan fingerprint density at radius 1 is 1.00 bits per heavy atom. The van der Waals surface area contributed by atoms with Crippen molar-refractivity contribution < 1.29 is 0 Å². The number of hydrogen-bond acceptors (Lipinski definition) is 2. The Labute approximate surface area is 120 Å². The molecular formula is C17H34N2. The van der Waals surface area contributed by atoms with Crippen molar-refractivity contribution in [3.05, 3.63) is 0 Å². The lowest BCUT2D eigenvalue weighted by Crippen LogP contribution is -2.47. The van der Waals surface area contributed by atoms with Crippen LogP contribution in [-0.4, -0.2) is 37.1 Å². The van der Waals surface area contributed by atoms with Crippen LogP contribution in [0.2, 0.25) is 0 Å². The Morgan fingerprint density at radius 2 is 1.74 bits per heavy atom. The summed E-state index contributed by atoms with van der Waals surface area (Å²) in [6.45, 7) is 9.82. The Morgan fingerprint density at radius 3 is 2.42 bits per heavy atom. The van der Waals surface area contributed by atoms with Gasteiger partial charge < -0.3 is 10.2 Å². The van der Waals surface area contributed by atoms with Crippen molar-refractivity contribution in [2.24, 2.45) is 11.8 Å². The number of rotatable bonds is 6. The molecule has 2 fully saturated rings. The minimum absolute atomic E-state index is 0.920. The van der Waals surface area contributed by atoms with E-state index in [1.54, 1.807) is 0 Å². The average molecular weight is 266 g/mol. The molecule has 0 aromatic rings. The number of likely N-dealkylation sites (tertiary alicyclic amines) is 1. The molecule has 2 rings (SSSR count). The van der Waals surface area contributed by atoms with Gasteiger partial charge in [0.05, 0.1) is 0 Å². The third-order valence-electron chi connectivity index (χ3n) is 5.37. The Kier molecular flexibility index (Phi) is 6.66. The van der Waals surface area contributed by atoms with E-state index in [0.29, 0.717) is 0 Å². The van der Waals surface area contributed by atoms with Crippen LogP contribution in [-0.2, 0) is 0 Å². The molecule has 0 aromatic carbocycles. The molecule has 1 saturated heterocycles. The maximum absolute atomic E-state index is 3.60. The van der Waals surface area contributed by atoms with E-state index >= 15 is 0 Å². The van der Waals surface area contributed by atoms with Gasteiger partial charge in [-0.15, -0.1) is 0 Å². The van der Waals surface area contributed by atoms with Gasteiger partial charge in [0, 0.05) is 6.04 Å². The number of piperidine rings is 1. The molecule has 1 N–H and O–H groups in total. The van der Waals surface area contributed by atoms with E-state index in [9.17, 15) is 0 Å². The van der Waals surface area contributed by atoms with Crippen LogP contribution in [0.4, 0.5) is 0 Å². The van der Waals surface area contributed by atoms with Crippen LogP contribution in [0.1, 0.15) is 65.2 Å². The highest BCUT2D eigenvalue weighted by atomic mass is 15.2. The summed E-state index contributed by atoms with van der Waals surface area (Å²) in [5, 5.41) is 3.60. The van der Waals surface area contributed by atoms with Crippen molar-refractivity contribution in [2.75, 3.05) is 26.2 Å². The van der Waals surface area contributed by atoms with Gasteiger partial charge in [0.15, 0.2) is 0 Å². The summed E-state index contributed by atoms with van der Waals surface area (Å²) in [7, 11) is 0. The quantitative estimate of drug-likeness (QED) is 0.738. The SMILES string of the molecule is CCCNCC1CCN(C2CCCCC2CC)CC1. The van der Waals surface area contributed by atoms with Gasteiger partial charge in [-0.3, -0.25) is 0 Å². The maximum Gasteiger partial charge on any atom is 0.0123 e. The molecule has 0 radical (unpaired) electrons. The molecule has 0 amide bonds. The molecule has 2 nitrogen and oxygen atoms in total. The topological polar surface area (TPSA) is 15.3 Å². The van der Waals surface area contributed by atoms with E-state index in [4.69, 9.17) is 0 Å². The summed E-state index contributed by atoms with van der Waals surface area (Å²) >= 11 is 0.